The summed E-state index contributed by atoms with van der Waals surface area (Å²) in [7, 11) is -4.64. The van der Waals surface area contributed by atoms with E-state index in [1.54, 1.807) is 0 Å². The summed E-state index contributed by atoms with van der Waals surface area (Å²) in [6.07, 6.45) is 0. The molecule has 0 bridgehead atoms. The third-order valence-electron chi connectivity index (χ3n) is 0. The summed E-state index contributed by atoms with van der Waals surface area (Å²) in [5, 5.41) is 0. The maximum absolute atomic E-state index is 8.88. The van der Waals surface area contributed by atoms with Crippen LogP contribution in [0.25, 0.3) is 0 Å². The maximum Gasteiger partial charge on any atom is 1.00 e. The van der Waals surface area contributed by atoms with Crippen LogP contribution >= 0.6 is 20.2 Å². The summed E-state index contributed by atoms with van der Waals surface area (Å²) in [6.45, 7) is 0. The number of hydrogen-bond donors (Lipinski definition) is 3. The third kappa shape index (κ3) is 98.2. The van der Waals surface area contributed by atoms with Crippen molar-refractivity contribution in [2.24, 2.45) is 0 Å². The first kappa shape index (κ1) is 29.6. The van der Waals surface area contributed by atoms with Crippen molar-refractivity contribution >= 4 is 20.2 Å². The Morgan fingerprint density at radius 3 is 1.22 bits per heavy atom. The van der Waals surface area contributed by atoms with Crippen LogP contribution < -0.4 is 29.6 Å². The molecule has 9 heavy (non-hydrogen) atoms. The first-order valence-corrected chi connectivity index (χ1v) is 2.35. The summed E-state index contributed by atoms with van der Waals surface area (Å²) >= 11 is 0. The van der Waals surface area contributed by atoms with Crippen LogP contribution in [0.5, 0.6) is 0 Å². The quantitative estimate of drug-likeness (QED) is 0.312. The van der Waals surface area contributed by atoms with Gasteiger partial charge in [0, 0.05) is 48.6 Å². The van der Waals surface area contributed by atoms with Gasteiger partial charge in [0.05, 0.1) is 0 Å². The van der Waals surface area contributed by atoms with Gasteiger partial charge >= 0.3 is 37.4 Å². The van der Waals surface area contributed by atoms with Crippen molar-refractivity contribution in [3.05, 3.63) is 0 Å². The molecule has 57 valence electrons. The Labute approximate surface area is 117 Å². The minimum Gasteiger partial charge on any atom is -1.00 e. The van der Waals surface area contributed by atoms with Gasteiger partial charge in [-0.1, -0.05) is 0 Å². The molecule has 0 atom stereocenters. The van der Waals surface area contributed by atoms with Gasteiger partial charge in [0.15, 0.2) is 0 Å². The van der Waals surface area contributed by atoms with Crippen LogP contribution in [0.1, 0.15) is 1.43 Å². The Bertz CT molecular complexity index is 71.4. The molecule has 4 nitrogen and oxygen atoms in total. The molecule has 0 aliphatic heterocycles. The fourth-order valence-electron chi connectivity index (χ4n) is 0. The Morgan fingerprint density at radius 2 is 1.22 bits per heavy atom. The van der Waals surface area contributed by atoms with Gasteiger partial charge in [0.25, 0.3) is 0 Å². The average Bonchev–Trinajstić information content (AvgIpc) is 0.722. The van der Waals surface area contributed by atoms with E-state index < -0.39 is 7.82 Å². The second kappa shape index (κ2) is 13.6. The van der Waals surface area contributed by atoms with E-state index in [1.165, 1.54) is 0 Å². The third-order valence-corrected chi connectivity index (χ3v) is 0. The van der Waals surface area contributed by atoms with E-state index in [1.807, 2.05) is 0 Å². The van der Waals surface area contributed by atoms with Gasteiger partial charge < -0.3 is 16.1 Å². The Kier molecular flexibility index (Phi) is 44.8. The average molecular weight is 358 g/mol. The molecule has 0 aromatic heterocycles. The van der Waals surface area contributed by atoms with Crippen LogP contribution in [0, 0.1) is 0 Å². The summed E-state index contributed by atoms with van der Waals surface area (Å²) in [4.78, 5) is 21.6. The second-order valence-corrected chi connectivity index (χ2v) is 1.54. The zero-order valence-corrected chi connectivity index (χ0v) is 12.1. The predicted molar refractivity (Wildman–Crippen MR) is 22.6 cm³/mol. The maximum atomic E-state index is 8.88. The van der Waals surface area contributed by atoms with Crippen molar-refractivity contribution in [2.45, 2.75) is 0 Å². The molecule has 0 spiro atoms. The van der Waals surface area contributed by atoms with Gasteiger partial charge in [-0.2, -0.15) is 0 Å². The monoisotopic (exact) mass is 355 g/mol. The van der Waals surface area contributed by atoms with Gasteiger partial charge in [-0.25, -0.2) is 4.57 Å². The Balaban J connectivity index is -0.00000000800. The van der Waals surface area contributed by atoms with Crippen LogP contribution in [0.3, 0.4) is 0 Å². The molecule has 9 heteroatoms. The SMILES string of the molecule is Cl.O=P(O)(O)O.[Ag].[H-].[Na+].[Zr]. The standard InChI is InChI=1S/Ag.ClH.Na.H3O4P.Zr.H/c;;;1-5(2,3)4;;/h;1H;;(H3,1,2,3,4);;/q;;+1;;;-1. The van der Waals surface area contributed by atoms with E-state index >= 15 is 0 Å². The fraction of sp³-hybridized carbons (Fsp3) is 0. The topological polar surface area (TPSA) is 77.8 Å². The molecule has 0 aromatic carbocycles. The van der Waals surface area contributed by atoms with Gasteiger partial charge in [-0.3, -0.25) is 0 Å². The largest absolute Gasteiger partial charge is 1.00 e. The normalized spacial score (nSPS) is 6.56. The molecule has 0 aliphatic carbocycles. The first-order valence-electron chi connectivity index (χ1n) is 0.783. The van der Waals surface area contributed by atoms with E-state index in [0.717, 1.165) is 0 Å². The molecule has 0 aromatic rings. The summed E-state index contributed by atoms with van der Waals surface area (Å²) < 4.78 is 8.88. The predicted octanol–water partition coefficient (Wildman–Crippen LogP) is -3.40. The van der Waals surface area contributed by atoms with Crippen LogP contribution in [0.4, 0.5) is 0 Å². The van der Waals surface area contributed by atoms with Crippen molar-refractivity contribution in [3.63, 3.8) is 0 Å². The first-order chi connectivity index (χ1) is 2.00. The Hall–Kier alpha value is 3.02. The van der Waals surface area contributed by atoms with E-state index in [2.05, 4.69) is 0 Å². The van der Waals surface area contributed by atoms with Gasteiger partial charge in [-0.05, 0) is 0 Å². The van der Waals surface area contributed by atoms with Crippen molar-refractivity contribution in [3.8, 4) is 0 Å². The van der Waals surface area contributed by atoms with Crippen LogP contribution in [0.2, 0.25) is 0 Å². The van der Waals surface area contributed by atoms with Gasteiger partial charge in [0.2, 0.25) is 0 Å². The minimum atomic E-state index is -4.64. The number of phosphoric acid groups is 1. The summed E-state index contributed by atoms with van der Waals surface area (Å²) in [6, 6.07) is 0. The molecule has 0 unspecified atom stereocenters. The van der Waals surface area contributed by atoms with Crippen molar-refractivity contribution in [1.29, 1.82) is 0 Å². The van der Waals surface area contributed by atoms with Crippen molar-refractivity contribution < 1.29 is 98.8 Å². The number of hydrogen-bond acceptors (Lipinski definition) is 1. The molecule has 0 amide bonds. The van der Waals surface area contributed by atoms with Gasteiger partial charge in [0.1, 0.15) is 0 Å². The molecule has 0 saturated heterocycles. The molecule has 0 fully saturated rings. The molecule has 0 heterocycles. The number of rotatable bonds is 0. The minimum absolute atomic E-state index is 0. The smallest absolute Gasteiger partial charge is 1.00 e. The van der Waals surface area contributed by atoms with Crippen LogP contribution in [-0.2, 0) is 53.1 Å². The van der Waals surface area contributed by atoms with E-state index in [0.29, 0.717) is 0 Å². The van der Waals surface area contributed by atoms with Gasteiger partial charge in [-0.15, -0.1) is 12.4 Å². The molecular formula is H5AgClNaO4PZr. The molecule has 0 rings (SSSR count). The molecule has 1 radical (unpaired) electrons. The molecular weight excluding hydrogens is 353 g/mol. The molecule has 0 saturated carbocycles. The van der Waals surface area contributed by atoms with E-state index in [-0.39, 0.29) is 92.0 Å². The van der Waals surface area contributed by atoms with Crippen molar-refractivity contribution in [2.75, 3.05) is 0 Å². The van der Waals surface area contributed by atoms with Crippen molar-refractivity contribution in [1.82, 2.24) is 0 Å². The Morgan fingerprint density at radius 1 is 1.22 bits per heavy atom. The van der Waals surface area contributed by atoms with E-state index in [4.69, 9.17) is 19.2 Å². The van der Waals surface area contributed by atoms with Crippen LogP contribution in [-0.4, -0.2) is 14.7 Å². The number of halogens is 1. The molecule has 3 N–H and O–H groups in total. The zero-order valence-electron chi connectivity index (χ0n) is 5.41. The zero-order chi connectivity index (χ0) is 4.50. The summed E-state index contributed by atoms with van der Waals surface area (Å²) in [5.41, 5.74) is 0. The second-order valence-electron chi connectivity index (χ2n) is 0.513. The van der Waals surface area contributed by atoms with Crippen LogP contribution in [0.15, 0.2) is 0 Å². The molecule has 0 aliphatic rings. The summed E-state index contributed by atoms with van der Waals surface area (Å²) in [5.74, 6) is 0. The van der Waals surface area contributed by atoms with E-state index in [9.17, 15) is 0 Å². The fourth-order valence-corrected chi connectivity index (χ4v) is 0.